The molecular weight excluding hydrogens is 283 g/mol. The fourth-order valence-corrected chi connectivity index (χ4v) is 0. The summed E-state index contributed by atoms with van der Waals surface area (Å²) in [7, 11) is 0. The molecule has 8 heteroatoms. The summed E-state index contributed by atoms with van der Waals surface area (Å²) in [6, 6.07) is 0. The zero-order valence-corrected chi connectivity index (χ0v) is 13.4. The fourth-order valence-electron chi connectivity index (χ4n) is 0. The Morgan fingerprint density at radius 1 is 0.875 bits per heavy atom. The Hall–Kier alpha value is 2.54. The average Bonchev–Trinajstić information content (AvgIpc) is 0.811. The van der Waals surface area contributed by atoms with Gasteiger partial charge in [0.25, 0.3) is 0 Å². The van der Waals surface area contributed by atoms with E-state index in [1.165, 1.54) is 0 Å². The molecular formula is H4CaLaMgO5. The fraction of sp³-hybridized carbons (Fsp3) is 0. The third-order valence-electron chi connectivity index (χ3n) is 0. The Kier molecular flexibility index (Phi) is 88.6. The van der Waals surface area contributed by atoms with Gasteiger partial charge in [-0.2, -0.15) is 0 Å². The zero-order chi connectivity index (χ0) is 3.58. The topological polar surface area (TPSA) is 111 Å². The molecule has 0 bridgehead atoms. The van der Waals surface area contributed by atoms with E-state index in [-0.39, 0.29) is 71.7 Å². The van der Waals surface area contributed by atoms with Crippen molar-refractivity contribution in [2.75, 3.05) is 0 Å². The number of hydrogen-bond donors (Lipinski definition) is 0. The molecule has 0 saturated heterocycles. The van der Waals surface area contributed by atoms with Crippen molar-refractivity contribution >= 4 is 60.8 Å². The molecule has 0 aromatic heterocycles. The third-order valence-corrected chi connectivity index (χ3v) is 0. The van der Waals surface area contributed by atoms with Crippen LogP contribution in [0, 0.1) is 30.2 Å². The van der Waals surface area contributed by atoms with Gasteiger partial charge >= 0.3 is 96.1 Å². The molecule has 0 amide bonds. The van der Waals surface area contributed by atoms with Crippen molar-refractivity contribution in [1.29, 1.82) is 0 Å². The maximum atomic E-state index is 8.64. The molecule has 0 atom stereocenters. The van der Waals surface area contributed by atoms with Crippen molar-refractivity contribution in [3.05, 3.63) is 0 Å². The van der Waals surface area contributed by atoms with Gasteiger partial charge in [0.05, 0.1) is 0 Å². The summed E-state index contributed by atoms with van der Waals surface area (Å²) in [5.41, 5.74) is 0. The molecule has 0 aliphatic carbocycles. The second-order valence-corrected chi connectivity index (χ2v) is 2.10. The van der Waals surface area contributed by atoms with Crippen LogP contribution in [0.1, 0.15) is 0 Å². The Morgan fingerprint density at radius 3 is 0.875 bits per heavy atom. The SMILES string of the molecule is [CaH+].[MgH+].[OH-].[OH-].[O]=[La](=[O])=[O]. The summed E-state index contributed by atoms with van der Waals surface area (Å²) in [6.07, 6.45) is 0. The van der Waals surface area contributed by atoms with E-state index in [1.807, 2.05) is 0 Å². The van der Waals surface area contributed by atoms with E-state index in [4.69, 9.17) is 5.09 Å². The molecule has 0 heterocycles. The van der Waals surface area contributed by atoms with Gasteiger partial charge in [0, 0.05) is 0 Å². The van der Waals surface area contributed by atoms with Crippen LogP contribution in [-0.4, -0.2) is 71.7 Å². The summed E-state index contributed by atoms with van der Waals surface area (Å²) >= 11 is -4.47. The number of rotatable bonds is 0. The van der Waals surface area contributed by atoms with E-state index in [2.05, 4.69) is 0 Å². The van der Waals surface area contributed by atoms with Crippen LogP contribution in [0.3, 0.4) is 0 Å². The van der Waals surface area contributed by atoms with Gasteiger partial charge in [-0.3, -0.25) is 0 Å². The Balaban J connectivity index is -0.00000000750. The van der Waals surface area contributed by atoms with Gasteiger partial charge in [-0.25, -0.2) is 0 Å². The molecule has 0 aliphatic heterocycles. The third kappa shape index (κ3) is 75.2. The maximum absolute atomic E-state index is 8.64. The Morgan fingerprint density at radius 2 is 0.875 bits per heavy atom. The van der Waals surface area contributed by atoms with Crippen molar-refractivity contribution < 1.29 is 46.3 Å². The van der Waals surface area contributed by atoms with Gasteiger partial charge in [-0.1, -0.05) is 0 Å². The summed E-state index contributed by atoms with van der Waals surface area (Å²) in [4.78, 5) is 0. The molecule has 5 nitrogen and oxygen atoms in total. The molecule has 0 saturated carbocycles. The molecule has 0 aliphatic rings. The van der Waals surface area contributed by atoms with E-state index in [0.29, 0.717) is 0 Å². The second-order valence-electron chi connectivity index (χ2n) is 0.289. The van der Waals surface area contributed by atoms with Crippen LogP contribution in [0.2, 0.25) is 0 Å². The van der Waals surface area contributed by atoms with Gasteiger partial charge in [0.1, 0.15) is 0 Å². The van der Waals surface area contributed by atoms with E-state index in [1.54, 1.807) is 0 Å². The first-order chi connectivity index (χ1) is 1.73. The van der Waals surface area contributed by atoms with Crippen LogP contribution in [0.25, 0.3) is 0 Å². The van der Waals surface area contributed by atoms with Gasteiger partial charge in [-0.15, -0.1) is 0 Å². The van der Waals surface area contributed by atoms with Crippen LogP contribution >= 0.6 is 0 Å². The van der Waals surface area contributed by atoms with Crippen molar-refractivity contribution in [1.82, 2.24) is 0 Å². The predicted molar refractivity (Wildman–Crippen MR) is 20.2 cm³/mol. The van der Waals surface area contributed by atoms with Crippen LogP contribution in [-0.2, 0) is 5.09 Å². The van der Waals surface area contributed by atoms with Crippen molar-refractivity contribution in [2.45, 2.75) is 0 Å². The second kappa shape index (κ2) is 22.7. The minimum atomic E-state index is -4.47. The van der Waals surface area contributed by atoms with Gasteiger partial charge in [-0.05, 0) is 0 Å². The molecule has 2 N–H and O–H groups in total. The standard InChI is InChI=1S/Ca.La.Mg.2H2O.3O.2H/h;;;2*1H2;;;;;/q+1;;+1;;;;;;;/p-2. The Bertz CT molecular complexity index is 81.8. The van der Waals surface area contributed by atoms with Crippen LogP contribution < -0.4 is 0 Å². The first-order valence-electron chi connectivity index (χ1n) is 0.707. The molecule has 0 fully saturated rings. The quantitative estimate of drug-likeness (QED) is 0.478. The van der Waals surface area contributed by atoms with Crippen LogP contribution in [0.15, 0.2) is 0 Å². The van der Waals surface area contributed by atoms with E-state index >= 15 is 0 Å². The summed E-state index contributed by atoms with van der Waals surface area (Å²) in [6.45, 7) is 0. The average molecular weight is 287 g/mol. The van der Waals surface area contributed by atoms with Gasteiger partial charge in [0.15, 0.2) is 0 Å². The summed E-state index contributed by atoms with van der Waals surface area (Å²) < 4.78 is 25.9. The van der Waals surface area contributed by atoms with E-state index < -0.39 is 30.2 Å². The molecule has 0 unspecified atom stereocenters. The predicted octanol–water partition coefficient (Wildman–Crippen LogP) is -2.01. The van der Waals surface area contributed by atoms with Crippen molar-refractivity contribution in [3.8, 4) is 0 Å². The normalized spacial score (nSPS) is 1.88. The first kappa shape index (κ1) is 31.3. The summed E-state index contributed by atoms with van der Waals surface area (Å²) in [5.74, 6) is 0. The minimum absolute atomic E-state index is 0. The van der Waals surface area contributed by atoms with E-state index in [0.717, 1.165) is 0 Å². The molecule has 0 spiro atoms. The molecule has 0 rings (SSSR count). The number of hydrogen-bond acceptors (Lipinski definition) is 5. The Labute approximate surface area is 105 Å². The van der Waals surface area contributed by atoms with Crippen molar-refractivity contribution in [3.63, 3.8) is 0 Å². The zero-order valence-electron chi connectivity index (χ0n) is 4.70. The summed E-state index contributed by atoms with van der Waals surface area (Å²) in [5, 5.41) is 0. The van der Waals surface area contributed by atoms with Crippen molar-refractivity contribution in [2.24, 2.45) is 0 Å². The first-order valence-corrected chi connectivity index (χ1v) is 5.15. The van der Waals surface area contributed by atoms with Crippen LogP contribution in [0.5, 0.6) is 0 Å². The van der Waals surface area contributed by atoms with Gasteiger partial charge < -0.3 is 11.0 Å². The van der Waals surface area contributed by atoms with Crippen LogP contribution in [0.4, 0.5) is 0 Å². The molecule has 0 aromatic rings. The molecule has 8 heavy (non-hydrogen) atoms. The van der Waals surface area contributed by atoms with E-state index in [9.17, 15) is 0 Å². The van der Waals surface area contributed by atoms with Gasteiger partial charge in [0.2, 0.25) is 0 Å². The molecule has 41 valence electrons. The molecule has 0 radical (unpaired) electrons. The molecule has 0 aromatic carbocycles. The monoisotopic (exact) mass is 287 g/mol.